The van der Waals surface area contributed by atoms with Gasteiger partial charge in [0.2, 0.25) is 65.0 Å². The van der Waals surface area contributed by atoms with E-state index in [4.69, 9.17) is 14.4 Å². The SMILES string of the molecule is CC[C@@H]1NC(=O)[C@H]([C@H](O)[C@H](C)C/C=C/c2ccc(OCP(=O)(O)O[C@@H](C)C(=O)O)cc2)N(C)C(=O)[C@H](C(C)C)N(C)C(=O)[C@H](CC(C)C)N(C)C(=O)[C@H](CC(C)C)N(C)C(=O)[C@@H](C)NC(=O)[C@H](C)NC(=O)[C@H](CC(C)C)N(C)C(=O)[C@H](C(C)C)NC(=O)[C@H](CC(C)C)N(C)C(=O)CN(C)C1=O. The third-order valence-corrected chi connectivity index (χ3v) is 19.2. The van der Waals surface area contributed by atoms with E-state index in [2.05, 4.69) is 21.3 Å². The minimum absolute atomic E-state index is 0.0555. The number of amides is 11. The van der Waals surface area contributed by atoms with Crippen LogP contribution in [0.3, 0.4) is 0 Å². The van der Waals surface area contributed by atoms with Crippen LogP contribution in [0.15, 0.2) is 30.3 Å². The Morgan fingerprint density at radius 3 is 1.47 bits per heavy atom. The molecule has 0 spiro atoms. The molecule has 0 radical (unpaired) electrons. The smallest absolute Gasteiger partial charge is 0.366 e. The second kappa shape index (κ2) is 40.4. The highest BCUT2D eigenvalue weighted by atomic mass is 31.2. The van der Waals surface area contributed by atoms with Gasteiger partial charge in [-0.05, 0) is 118 Å². The first-order chi connectivity index (χ1) is 46.6. The summed E-state index contributed by atoms with van der Waals surface area (Å²) in [6.45, 7) is 28.1. The molecule has 1 aliphatic heterocycles. The number of aliphatic hydroxyl groups excluding tert-OH is 1. The molecule has 1 saturated heterocycles. The van der Waals surface area contributed by atoms with E-state index >= 15 is 19.2 Å². The van der Waals surface area contributed by atoms with Crippen molar-refractivity contribution in [2.45, 2.75) is 229 Å². The van der Waals surface area contributed by atoms with Crippen molar-refractivity contribution in [3.05, 3.63) is 35.9 Å². The zero-order valence-electron chi connectivity index (χ0n) is 64.1. The molecule has 30 heteroatoms. The average Bonchev–Trinajstić information content (AvgIpc) is 0.806. The maximum absolute atomic E-state index is 15.4. The number of hydrogen-bond acceptors (Lipinski definition) is 16. The van der Waals surface area contributed by atoms with Crippen LogP contribution in [0, 0.1) is 41.4 Å². The van der Waals surface area contributed by atoms with Crippen LogP contribution in [-0.4, -0.2) is 255 Å². The number of ether oxygens (including phenoxy) is 1. The van der Waals surface area contributed by atoms with Crippen LogP contribution in [-0.2, 0) is 66.6 Å². The molecule has 572 valence electrons. The highest BCUT2D eigenvalue weighted by molar-refractivity contribution is 7.52. The number of carbonyl (C=O) groups excluding carboxylic acids is 11. The van der Waals surface area contributed by atoms with Crippen molar-refractivity contribution < 1.29 is 86.5 Å². The molecule has 29 nitrogen and oxygen atoms in total. The van der Waals surface area contributed by atoms with Crippen LogP contribution in [0.4, 0.5) is 0 Å². The lowest BCUT2D eigenvalue weighted by molar-refractivity contribution is -0.157. The summed E-state index contributed by atoms with van der Waals surface area (Å²) in [5, 5.41) is 32.5. The van der Waals surface area contributed by atoms with E-state index in [1.54, 1.807) is 65.8 Å². The second-order valence-corrected chi connectivity index (χ2v) is 31.2. The minimum Gasteiger partial charge on any atom is -0.481 e. The number of nitrogens with one attached hydrogen (secondary N) is 4. The zero-order valence-corrected chi connectivity index (χ0v) is 65.0. The third kappa shape index (κ3) is 26.4. The molecular weight excluding hydrogens is 1330 g/mol. The number of benzene rings is 1. The van der Waals surface area contributed by atoms with Crippen molar-refractivity contribution in [3.63, 3.8) is 0 Å². The average molecular weight is 1450 g/mol. The molecule has 1 aromatic rings. The summed E-state index contributed by atoms with van der Waals surface area (Å²) >= 11 is 0. The van der Waals surface area contributed by atoms with Gasteiger partial charge in [-0.3, -0.25) is 61.8 Å². The van der Waals surface area contributed by atoms with E-state index in [1.165, 1.54) is 99.8 Å². The second-order valence-electron chi connectivity index (χ2n) is 29.5. The van der Waals surface area contributed by atoms with E-state index in [9.17, 15) is 52.9 Å². The molecule has 1 fully saturated rings. The first-order valence-corrected chi connectivity index (χ1v) is 36.8. The van der Waals surface area contributed by atoms with Crippen LogP contribution in [0.1, 0.15) is 162 Å². The Hall–Kier alpha value is -7.49. The molecule has 7 N–H and O–H groups in total. The summed E-state index contributed by atoms with van der Waals surface area (Å²) in [5.41, 5.74) is 0.607. The van der Waals surface area contributed by atoms with Crippen molar-refractivity contribution in [2.24, 2.45) is 41.4 Å². The molecule has 0 aromatic heterocycles. The molecular formula is C71H120N11O18P. The van der Waals surface area contributed by atoms with Crippen LogP contribution < -0.4 is 26.0 Å². The lowest BCUT2D eigenvalue weighted by Crippen LogP contribution is -2.63. The number of carboxylic acids is 1. The molecule has 0 aliphatic carbocycles. The fraction of sp³-hybridized carbons (Fsp3) is 0.718. The molecule has 11 amide bonds. The van der Waals surface area contributed by atoms with E-state index in [0.717, 1.165) is 16.7 Å². The molecule has 101 heavy (non-hydrogen) atoms. The maximum atomic E-state index is 15.4. The molecule has 0 saturated carbocycles. The topological polar surface area (TPSA) is 372 Å². The maximum Gasteiger partial charge on any atom is 0.366 e. The lowest BCUT2D eigenvalue weighted by Gasteiger charge is -2.41. The molecule has 1 heterocycles. The Balaban J connectivity index is 2.96. The van der Waals surface area contributed by atoms with Crippen molar-refractivity contribution >= 4 is 84.6 Å². The highest BCUT2D eigenvalue weighted by Gasteiger charge is 2.46. The summed E-state index contributed by atoms with van der Waals surface area (Å²) in [6, 6.07) is -6.80. The van der Waals surface area contributed by atoms with Gasteiger partial charge in [0, 0.05) is 49.3 Å². The van der Waals surface area contributed by atoms with Crippen molar-refractivity contribution in [1.82, 2.24) is 55.6 Å². The van der Waals surface area contributed by atoms with E-state index in [-0.39, 0.29) is 67.9 Å². The molecule has 1 unspecified atom stereocenters. The predicted octanol–water partition coefficient (Wildman–Crippen LogP) is 4.42. The predicted molar refractivity (Wildman–Crippen MR) is 383 cm³/mol. The Morgan fingerprint density at radius 1 is 0.545 bits per heavy atom. The third-order valence-electron chi connectivity index (χ3n) is 18.1. The van der Waals surface area contributed by atoms with Crippen LogP contribution in [0.25, 0.3) is 6.08 Å². The van der Waals surface area contributed by atoms with Gasteiger partial charge in [-0.1, -0.05) is 121 Å². The van der Waals surface area contributed by atoms with Crippen LogP contribution in [0.2, 0.25) is 0 Å². The summed E-state index contributed by atoms with van der Waals surface area (Å²) in [5.74, 6) is -12.1. The van der Waals surface area contributed by atoms with Crippen LogP contribution in [0.5, 0.6) is 5.75 Å². The normalized spacial score (nSPS) is 25.4. The standard InChI is InChI=1S/C71H120N11O18P/c1-25-51-66(90)76(18)37-56(83)77(19)52(33-39(2)3)63(87)75-57(43(10)11)69(93)78(20)53(34-40(4)5)62(86)72-46(15)61(85)73-47(16)65(89)79(21)54(35-41(6)7)67(91)80(22)55(36-42(8)9)68(92)81(23)58(44(12)13)70(94)82(24)59(64(88)74-51)60(84)45(14)27-26-28-49-29-31-50(32-30-49)99-38-101(97,98)100-48(17)71(95)96/h26,28-32,39-48,51-55,57-60,84H,25,27,33-38H2,1-24H3,(H,72,86)(H,73,85)(H,74,88)(H,75,87)(H,95,96)(H,97,98)/b28-26+/t45-,46+,47-,48+,51+,52+,53+,54+,55+,57+,58+,59+,60-/m1/s1. The minimum atomic E-state index is -4.46. The van der Waals surface area contributed by atoms with E-state index in [0.29, 0.717) is 5.56 Å². The van der Waals surface area contributed by atoms with Gasteiger partial charge < -0.3 is 75.4 Å². The van der Waals surface area contributed by atoms with Gasteiger partial charge in [-0.15, -0.1) is 0 Å². The van der Waals surface area contributed by atoms with Gasteiger partial charge in [-0.25, -0.2) is 4.79 Å². The number of rotatable bonds is 22. The molecule has 2 rings (SSSR count). The number of likely N-dealkylation sites (N-methyl/N-ethyl adjacent to an activating group) is 7. The summed E-state index contributed by atoms with van der Waals surface area (Å²) in [4.78, 5) is 192. The molecule has 14 atom stereocenters. The van der Waals surface area contributed by atoms with Gasteiger partial charge in [0.05, 0.1) is 12.6 Å². The number of carboxylic acid groups (broad SMARTS) is 1. The van der Waals surface area contributed by atoms with Crippen LogP contribution >= 0.6 is 7.60 Å². The first kappa shape index (κ1) is 89.6. The number of aliphatic hydroxyl groups is 1. The number of aliphatic carboxylic acids is 1. The van der Waals surface area contributed by atoms with Crippen molar-refractivity contribution in [2.75, 3.05) is 62.2 Å². The highest BCUT2D eigenvalue weighted by Crippen LogP contribution is 2.43. The summed E-state index contributed by atoms with van der Waals surface area (Å²) in [7, 11) is 5.22. The largest absolute Gasteiger partial charge is 0.481 e. The Morgan fingerprint density at radius 2 is 0.990 bits per heavy atom. The van der Waals surface area contributed by atoms with Crippen molar-refractivity contribution in [1.29, 1.82) is 0 Å². The molecule has 1 aliphatic rings. The quantitative estimate of drug-likeness (QED) is 0.0790. The number of nitrogens with zero attached hydrogens (tertiary/aromatic N) is 7. The Kier molecular flexibility index (Phi) is 35.8. The van der Waals surface area contributed by atoms with Gasteiger partial charge in [0.25, 0.3) is 0 Å². The number of allylic oxidation sites excluding steroid dienone is 1. The van der Waals surface area contributed by atoms with Gasteiger partial charge >= 0.3 is 13.6 Å². The zero-order chi connectivity index (χ0) is 77.7. The fourth-order valence-electron chi connectivity index (χ4n) is 11.9. The van der Waals surface area contributed by atoms with E-state index in [1.807, 2.05) is 55.4 Å². The first-order valence-electron chi connectivity index (χ1n) is 35.0. The lowest BCUT2D eigenvalue weighted by atomic mass is 9.91. The van der Waals surface area contributed by atoms with Gasteiger partial charge in [-0.2, -0.15) is 0 Å². The molecule has 0 bridgehead atoms. The number of carbonyl (C=O) groups is 12. The molecule has 1 aromatic carbocycles. The fourth-order valence-corrected chi connectivity index (χ4v) is 12.9. The van der Waals surface area contributed by atoms with E-state index < -0.39 is 182 Å². The van der Waals surface area contributed by atoms with Gasteiger partial charge in [0.15, 0.2) is 12.5 Å². The van der Waals surface area contributed by atoms with Gasteiger partial charge in [0.1, 0.15) is 66.2 Å². The summed E-state index contributed by atoms with van der Waals surface area (Å²) < 4.78 is 22.6. The number of hydrogen-bond donors (Lipinski definition) is 7. The Labute approximate surface area is 598 Å². The summed E-state index contributed by atoms with van der Waals surface area (Å²) in [6.07, 6.45) is -0.221. The monoisotopic (exact) mass is 1450 g/mol. The van der Waals surface area contributed by atoms with Crippen molar-refractivity contribution in [3.8, 4) is 5.75 Å². The Bertz CT molecular complexity index is 3090.